The highest BCUT2D eigenvalue weighted by Crippen LogP contribution is 1.88. The van der Waals surface area contributed by atoms with E-state index in [1.807, 2.05) is 0 Å². The number of amides is 2. The summed E-state index contributed by atoms with van der Waals surface area (Å²) in [5, 5.41) is 5.27. The monoisotopic (exact) mass is 222 g/mol. The fraction of sp³-hybridized carbons (Fsp3) is 0.400. The maximum atomic E-state index is 11.4. The lowest BCUT2D eigenvalue weighted by Crippen LogP contribution is -2.34. The van der Waals surface area contributed by atoms with Crippen molar-refractivity contribution in [1.29, 1.82) is 0 Å². The molecule has 0 spiro atoms. The number of aromatic nitrogens is 2. The van der Waals surface area contributed by atoms with Gasteiger partial charge < -0.3 is 10.6 Å². The summed E-state index contributed by atoms with van der Waals surface area (Å²) in [6.45, 7) is 2.56. The van der Waals surface area contributed by atoms with Crippen molar-refractivity contribution in [1.82, 2.24) is 20.6 Å². The molecule has 86 valence electrons. The van der Waals surface area contributed by atoms with Crippen molar-refractivity contribution in [2.24, 2.45) is 0 Å². The zero-order valence-corrected chi connectivity index (χ0v) is 9.06. The maximum absolute atomic E-state index is 11.4. The van der Waals surface area contributed by atoms with Gasteiger partial charge in [-0.15, -0.1) is 0 Å². The molecular formula is C10H14N4O2. The van der Waals surface area contributed by atoms with Crippen LogP contribution in [0.4, 0.5) is 0 Å². The van der Waals surface area contributed by atoms with Crippen LogP contribution in [0.5, 0.6) is 0 Å². The molecule has 6 heteroatoms. The average molecular weight is 222 g/mol. The first-order valence-electron chi connectivity index (χ1n) is 5.05. The molecule has 0 fully saturated rings. The van der Waals surface area contributed by atoms with Crippen molar-refractivity contribution in [3.8, 4) is 0 Å². The number of nitrogens with zero attached hydrogens (tertiary/aromatic N) is 2. The number of carbonyl (C=O) groups excluding carboxylic acids is 2. The molecule has 0 atom stereocenters. The Morgan fingerprint density at radius 3 is 2.62 bits per heavy atom. The van der Waals surface area contributed by atoms with E-state index in [4.69, 9.17) is 0 Å². The highest BCUT2D eigenvalue weighted by molar-refractivity contribution is 5.91. The van der Waals surface area contributed by atoms with E-state index in [2.05, 4.69) is 20.6 Å². The molecule has 2 N–H and O–H groups in total. The molecule has 0 unspecified atom stereocenters. The van der Waals surface area contributed by atoms with E-state index in [1.165, 1.54) is 18.6 Å². The summed E-state index contributed by atoms with van der Waals surface area (Å²) in [4.78, 5) is 29.9. The van der Waals surface area contributed by atoms with Gasteiger partial charge in [0.05, 0.1) is 6.20 Å². The third-order valence-electron chi connectivity index (χ3n) is 1.85. The van der Waals surface area contributed by atoms with Crippen molar-refractivity contribution in [2.45, 2.75) is 13.3 Å². The number of hydrogen-bond donors (Lipinski definition) is 2. The summed E-state index contributed by atoms with van der Waals surface area (Å²) in [7, 11) is 0. The van der Waals surface area contributed by atoms with Crippen LogP contribution in [0.25, 0.3) is 0 Å². The Hall–Kier alpha value is -1.98. The largest absolute Gasteiger partial charge is 0.354 e. The van der Waals surface area contributed by atoms with E-state index in [0.717, 1.165) is 0 Å². The lowest BCUT2D eigenvalue weighted by atomic mass is 10.4. The number of rotatable bonds is 5. The third kappa shape index (κ3) is 4.04. The molecule has 0 saturated heterocycles. The minimum absolute atomic E-state index is 0.0336. The Bertz CT molecular complexity index is 353. The first kappa shape index (κ1) is 12.1. The van der Waals surface area contributed by atoms with Gasteiger partial charge in [-0.25, -0.2) is 4.98 Å². The second kappa shape index (κ2) is 6.49. The van der Waals surface area contributed by atoms with Crippen molar-refractivity contribution < 1.29 is 9.59 Å². The molecule has 0 saturated carbocycles. The van der Waals surface area contributed by atoms with E-state index < -0.39 is 0 Å². The second-order valence-corrected chi connectivity index (χ2v) is 3.05. The molecule has 0 aliphatic heterocycles. The van der Waals surface area contributed by atoms with E-state index in [1.54, 1.807) is 6.92 Å². The van der Waals surface area contributed by atoms with Gasteiger partial charge >= 0.3 is 0 Å². The molecule has 16 heavy (non-hydrogen) atoms. The Balaban J connectivity index is 2.24. The highest BCUT2D eigenvalue weighted by Gasteiger charge is 2.05. The van der Waals surface area contributed by atoms with Gasteiger partial charge in [0, 0.05) is 31.9 Å². The molecule has 1 heterocycles. The fourth-order valence-electron chi connectivity index (χ4n) is 1.01. The number of carbonyl (C=O) groups is 2. The molecule has 0 aromatic carbocycles. The molecule has 0 radical (unpaired) electrons. The lowest BCUT2D eigenvalue weighted by Gasteiger charge is -2.05. The van der Waals surface area contributed by atoms with Crippen LogP contribution in [0.2, 0.25) is 0 Å². The van der Waals surface area contributed by atoms with Gasteiger partial charge in [0.25, 0.3) is 5.91 Å². The van der Waals surface area contributed by atoms with E-state index in [-0.39, 0.29) is 17.5 Å². The summed E-state index contributed by atoms with van der Waals surface area (Å²) in [6, 6.07) is 0. The van der Waals surface area contributed by atoms with Crippen molar-refractivity contribution >= 4 is 11.8 Å². The smallest absolute Gasteiger partial charge is 0.271 e. The van der Waals surface area contributed by atoms with Crippen LogP contribution < -0.4 is 10.6 Å². The lowest BCUT2D eigenvalue weighted by molar-refractivity contribution is -0.120. The van der Waals surface area contributed by atoms with E-state index in [0.29, 0.717) is 19.5 Å². The Morgan fingerprint density at radius 1 is 1.25 bits per heavy atom. The topological polar surface area (TPSA) is 84.0 Å². The molecule has 6 nitrogen and oxygen atoms in total. The van der Waals surface area contributed by atoms with Gasteiger partial charge in [0.2, 0.25) is 5.91 Å². The number of hydrogen-bond acceptors (Lipinski definition) is 4. The summed E-state index contributed by atoms with van der Waals surface area (Å²) >= 11 is 0. The molecule has 0 aliphatic carbocycles. The summed E-state index contributed by atoms with van der Waals surface area (Å²) in [5.41, 5.74) is 0.268. The van der Waals surface area contributed by atoms with Gasteiger partial charge in [0.1, 0.15) is 5.69 Å². The average Bonchev–Trinajstić information content (AvgIpc) is 2.35. The minimum atomic E-state index is -0.293. The SMILES string of the molecule is CCC(=O)NCCNC(=O)c1cnccn1. The molecule has 1 rings (SSSR count). The summed E-state index contributed by atoms with van der Waals surface area (Å²) in [6.07, 6.45) is 4.78. The Morgan fingerprint density at radius 2 is 2.00 bits per heavy atom. The second-order valence-electron chi connectivity index (χ2n) is 3.05. The zero-order valence-electron chi connectivity index (χ0n) is 9.06. The van der Waals surface area contributed by atoms with Gasteiger partial charge in [-0.3, -0.25) is 14.6 Å². The molecule has 1 aromatic heterocycles. The quantitative estimate of drug-likeness (QED) is 0.672. The van der Waals surface area contributed by atoms with E-state index in [9.17, 15) is 9.59 Å². The summed E-state index contributed by atoms with van der Waals surface area (Å²) < 4.78 is 0. The Labute approximate surface area is 93.5 Å². The van der Waals surface area contributed by atoms with E-state index >= 15 is 0 Å². The fourth-order valence-corrected chi connectivity index (χ4v) is 1.01. The van der Waals surface area contributed by atoms with Crippen molar-refractivity contribution in [3.05, 3.63) is 24.3 Å². The van der Waals surface area contributed by atoms with Crippen LogP contribution in [-0.4, -0.2) is 34.9 Å². The van der Waals surface area contributed by atoms with Gasteiger partial charge in [-0.2, -0.15) is 0 Å². The normalized spacial score (nSPS) is 9.56. The first-order chi connectivity index (χ1) is 7.74. The van der Waals surface area contributed by atoms with Crippen molar-refractivity contribution in [3.63, 3.8) is 0 Å². The standard InChI is InChI=1S/C10H14N4O2/c1-2-9(15)13-5-6-14-10(16)8-7-11-3-4-12-8/h3-4,7H,2,5-6H2,1H3,(H,13,15)(H,14,16). The number of nitrogens with one attached hydrogen (secondary N) is 2. The third-order valence-corrected chi connectivity index (χ3v) is 1.85. The summed E-state index contributed by atoms with van der Waals surface area (Å²) in [5.74, 6) is -0.326. The van der Waals surface area contributed by atoms with Crippen LogP contribution >= 0.6 is 0 Å². The van der Waals surface area contributed by atoms with Crippen LogP contribution in [0.1, 0.15) is 23.8 Å². The molecule has 0 bridgehead atoms. The van der Waals surface area contributed by atoms with Gasteiger partial charge in [-0.05, 0) is 0 Å². The van der Waals surface area contributed by atoms with Gasteiger partial charge in [0.15, 0.2) is 0 Å². The van der Waals surface area contributed by atoms with Gasteiger partial charge in [-0.1, -0.05) is 6.92 Å². The Kier molecular flexibility index (Phi) is 4.91. The van der Waals surface area contributed by atoms with Crippen LogP contribution in [0.3, 0.4) is 0 Å². The molecular weight excluding hydrogens is 208 g/mol. The maximum Gasteiger partial charge on any atom is 0.271 e. The van der Waals surface area contributed by atoms with Crippen LogP contribution in [-0.2, 0) is 4.79 Å². The molecule has 1 aromatic rings. The zero-order chi connectivity index (χ0) is 11.8. The predicted octanol–water partition coefficient (Wildman–Crippen LogP) is -0.267. The van der Waals surface area contributed by atoms with Crippen LogP contribution in [0, 0.1) is 0 Å². The predicted molar refractivity (Wildman–Crippen MR) is 57.7 cm³/mol. The van der Waals surface area contributed by atoms with Crippen LogP contribution in [0.15, 0.2) is 18.6 Å². The van der Waals surface area contributed by atoms with Crippen molar-refractivity contribution in [2.75, 3.05) is 13.1 Å². The first-order valence-corrected chi connectivity index (χ1v) is 5.05. The molecule has 0 aliphatic rings. The minimum Gasteiger partial charge on any atom is -0.354 e. The molecule has 2 amide bonds. The highest BCUT2D eigenvalue weighted by atomic mass is 16.2.